The van der Waals surface area contributed by atoms with Crippen molar-refractivity contribution in [3.05, 3.63) is 51.8 Å². The second-order valence-corrected chi connectivity index (χ2v) is 6.16. The monoisotopic (exact) mass is 501 g/mol. The van der Waals surface area contributed by atoms with Gasteiger partial charge in [-0.05, 0) is 38.5 Å². The summed E-state index contributed by atoms with van der Waals surface area (Å²) in [6, 6.07) is 8.44. The molecule has 2 rings (SSSR count). The lowest BCUT2D eigenvalue weighted by Gasteiger charge is -2.13. The molecule has 3 N–H and O–H groups in total. The number of nitro groups is 1. The van der Waals surface area contributed by atoms with Crippen LogP contribution >= 0.6 is 24.0 Å². The Hall–Kier alpha value is -2.37. The summed E-state index contributed by atoms with van der Waals surface area (Å²) in [4.78, 5) is 14.4. The average Bonchev–Trinajstić information content (AvgIpc) is 2.98. The Kier molecular flexibility index (Phi) is 10.3. The van der Waals surface area contributed by atoms with Crippen LogP contribution in [0.3, 0.4) is 0 Å². The normalized spacial score (nSPS) is 10.9. The molecule has 0 unspecified atom stereocenters. The van der Waals surface area contributed by atoms with Gasteiger partial charge in [-0.2, -0.15) is 5.10 Å². The fraction of sp³-hybridized carbons (Fsp3) is 0.444. The first-order chi connectivity index (χ1) is 13.0. The summed E-state index contributed by atoms with van der Waals surface area (Å²) in [5.41, 5.74) is 3.14. The number of nitrogens with zero attached hydrogens (tertiary/aromatic N) is 4. The number of aryl methyl sites for hydroxylation is 3. The quantitative estimate of drug-likeness (QED) is 0.122. The Morgan fingerprint density at radius 1 is 1.18 bits per heavy atom. The first-order valence-corrected chi connectivity index (χ1v) is 8.93. The highest BCUT2D eigenvalue weighted by molar-refractivity contribution is 14.0. The standard InChI is InChI=1S/C18H27N7O2.HI/c1-14-13-15(2)24(23-14)12-4-9-21-18(19-3)22-11-10-20-16-5-7-17(8-6-16)25(26)27;/h5-8,13,20H,4,9-12H2,1-3H3,(H2,19,21,22);1H. The van der Waals surface area contributed by atoms with Crippen molar-refractivity contribution in [2.45, 2.75) is 26.8 Å². The minimum absolute atomic E-state index is 0. The molecule has 0 fully saturated rings. The van der Waals surface area contributed by atoms with Crippen LogP contribution in [0.2, 0.25) is 0 Å². The zero-order chi connectivity index (χ0) is 19.6. The van der Waals surface area contributed by atoms with Crippen molar-refractivity contribution in [1.29, 1.82) is 0 Å². The van der Waals surface area contributed by atoms with Crippen LogP contribution in [-0.2, 0) is 6.54 Å². The molecule has 0 aliphatic heterocycles. The second kappa shape index (κ2) is 12.2. The highest BCUT2D eigenvalue weighted by atomic mass is 127. The van der Waals surface area contributed by atoms with E-state index in [2.05, 4.69) is 39.0 Å². The maximum absolute atomic E-state index is 10.6. The smallest absolute Gasteiger partial charge is 0.269 e. The highest BCUT2D eigenvalue weighted by Gasteiger charge is 2.04. The summed E-state index contributed by atoms with van der Waals surface area (Å²) in [5, 5.41) is 24.8. The van der Waals surface area contributed by atoms with Crippen molar-refractivity contribution in [3.8, 4) is 0 Å². The van der Waals surface area contributed by atoms with Gasteiger partial charge in [-0.25, -0.2) is 0 Å². The van der Waals surface area contributed by atoms with Gasteiger partial charge in [0.15, 0.2) is 5.96 Å². The topological polar surface area (TPSA) is 109 Å². The number of hydrogen-bond acceptors (Lipinski definition) is 5. The minimum atomic E-state index is -0.407. The number of nitro benzene ring substituents is 1. The molecule has 0 spiro atoms. The van der Waals surface area contributed by atoms with Crippen molar-refractivity contribution in [2.75, 3.05) is 32.0 Å². The van der Waals surface area contributed by atoms with Crippen molar-refractivity contribution < 1.29 is 4.92 Å². The molecule has 1 aromatic heterocycles. The Balaban J connectivity index is 0.00000392. The third-order valence-electron chi connectivity index (χ3n) is 3.99. The van der Waals surface area contributed by atoms with E-state index in [1.165, 1.54) is 17.8 Å². The van der Waals surface area contributed by atoms with Crippen LogP contribution in [-0.4, -0.2) is 47.3 Å². The van der Waals surface area contributed by atoms with E-state index in [0.29, 0.717) is 13.1 Å². The molecule has 28 heavy (non-hydrogen) atoms. The molecule has 0 saturated carbocycles. The molecule has 9 nitrogen and oxygen atoms in total. The molecule has 1 aromatic carbocycles. The van der Waals surface area contributed by atoms with E-state index in [1.807, 2.05) is 11.6 Å². The van der Waals surface area contributed by atoms with Gasteiger partial charge in [0.2, 0.25) is 0 Å². The SMILES string of the molecule is CN=C(NCCCn1nc(C)cc1C)NCCNc1ccc([N+](=O)[O-])cc1.I. The molecule has 0 atom stereocenters. The summed E-state index contributed by atoms with van der Waals surface area (Å²) < 4.78 is 2.02. The van der Waals surface area contributed by atoms with Crippen molar-refractivity contribution in [1.82, 2.24) is 20.4 Å². The summed E-state index contributed by atoms with van der Waals surface area (Å²) in [6.45, 7) is 7.07. The van der Waals surface area contributed by atoms with E-state index in [-0.39, 0.29) is 29.7 Å². The van der Waals surface area contributed by atoms with Crippen LogP contribution < -0.4 is 16.0 Å². The Labute approximate surface area is 182 Å². The van der Waals surface area contributed by atoms with Crippen molar-refractivity contribution in [3.63, 3.8) is 0 Å². The van der Waals surface area contributed by atoms with Crippen LogP contribution in [0.15, 0.2) is 35.3 Å². The zero-order valence-electron chi connectivity index (χ0n) is 16.4. The number of nitrogens with one attached hydrogen (secondary N) is 3. The van der Waals surface area contributed by atoms with Crippen molar-refractivity contribution in [2.24, 2.45) is 4.99 Å². The average molecular weight is 501 g/mol. The number of anilines is 1. The number of aliphatic imine (C=N–C) groups is 1. The van der Waals surface area contributed by atoms with E-state index in [0.717, 1.165) is 36.9 Å². The fourth-order valence-corrected chi connectivity index (χ4v) is 2.65. The lowest BCUT2D eigenvalue weighted by atomic mass is 10.3. The number of non-ortho nitro benzene ring substituents is 1. The summed E-state index contributed by atoms with van der Waals surface area (Å²) in [5.74, 6) is 0.744. The largest absolute Gasteiger partial charge is 0.383 e. The summed E-state index contributed by atoms with van der Waals surface area (Å²) >= 11 is 0. The molecule has 10 heteroatoms. The second-order valence-electron chi connectivity index (χ2n) is 6.16. The first kappa shape index (κ1) is 23.7. The Bertz CT molecular complexity index is 775. The van der Waals surface area contributed by atoms with Gasteiger partial charge in [-0.15, -0.1) is 24.0 Å². The molecule has 0 saturated heterocycles. The predicted octanol–water partition coefficient (Wildman–Crippen LogP) is 2.69. The first-order valence-electron chi connectivity index (χ1n) is 8.93. The molecule has 2 aromatic rings. The van der Waals surface area contributed by atoms with Gasteiger partial charge in [-0.1, -0.05) is 0 Å². The molecule has 0 amide bonds. The number of halogens is 1. The summed E-state index contributed by atoms with van der Waals surface area (Å²) in [6.07, 6.45) is 0.948. The Morgan fingerprint density at radius 2 is 1.86 bits per heavy atom. The van der Waals surface area contributed by atoms with Gasteiger partial charge in [0.1, 0.15) is 0 Å². The summed E-state index contributed by atoms with van der Waals surface area (Å²) in [7, 11) is 1.74. The molecular formula is C18H28IN7O2. The van der Waals surface area contributed by atoms with E-state index in [9.17, 15) is 10.1 Å². The minimum Gasteiger partial charge on any atom is -0.383 e. The fourth-order valence-electron chi connectivity index (χ4n) is 2.65. The number of hydrogen-bond donors (Lipinski definition) is 3. The third-order valence-corrected chi connectivity index (χ3v) is 3.99. The van der Waals surface area contributed by atoms with Crippen LogP contribution in [0.4, 0.5) is 11.4 Å². The van der Waals surface area contributed by atoms with Crippen LogP contribution in [0, 0.1) is 24.0 Å². The molecule has 0 radical (unpaired) electrons. The number of rotatable bonds is 9. The van der Waals surface area contributed by atoms with Crippen LogP contribution in [0.5, 0.6) is 0 Å². The lowest BCUT2D eigenvalue weighted by Crippen LogP contribution is -2.40. The maximum Gasteiger partial charge on any atom is 0.269 e. The van der Waals surface area contributed by atoms with Gasteiger partial charge in [-0.3, -0.25) is 19.8 Å². The van der Waals surface area contributed by atoms with Crippen molar-refractivity contribution >= 4 is 41.3 Å². The molecule has 0 aliphatic carbocycles. The number of aromatic nitrogens is 2. The van der Waals surface area contributed by atoms with E-state index >= 15 is 0 Å². The maximum atomic E-state index is 10.6. The highest BCUT2D eigenvalue weighted by Crippen LogP contribution is 2.14. The molecule has 0 aliphatic rings. The number of guanidine groups is 1. The zero-order valence-corrected chi connectivity index (χ0v) is 18.8. The van der Waals surface area contributed by atoms with E-state index in [4.69, 9.17) is 0 Å². The predicted molar refractivity (Wildman–Crippen MR) is 123 cm³/mol. The van der Waals surface area contributed by atoms with Gasteiger partial charge in [0.25, 0.3) is 5.69 Å². The van der Waals surface area contributed by atoms with E-state index < -0.39 is 4.92 Å². The molecule has 154 valence electrons. The molecule has 1 heterocycles. The van der Waals surface area contributed by atoms with E-state index in [1.54, 1.807) is 19.2 Å². The number of benzene rings is 1. The van der Waals surface area contributed by atoms with Gasteiger partial charge in [0.05, 0.1) is 10.6 Å². The van der Waals surface area contributed by atoms with Gasteiger partial charge < -0.3 is 16.0 Å². The van der Waals surface area contributed by atoms with Gasteiger partial charge in [0, 0.05) is 56.7 Å². The molecule has 0 bridgehead atoms. The van der Waals surface area contributed by atoms with Crippen LogP contribution in [0.25, 0.3) is 0 Å². The van der Waals surface area contributed by atoms with Crippen LogP contribution in [0.1, 0.15) is 17.8 Å². The lowest BCUT2D eigenvalue weighted by molar-refractivity contribution is -0.384. The molecular weight excluding hydrogens is 473 g/mol. The van der Waals surface area contributed by atoms with Gasteiger partial charge >= 0.3 is 0 Å². The Morgan fingerprint density at radius 3 is 2.43 bits per heavy atom. The third kappa shape index (κ3) is 7.71.